The monoisotopic (exact) mass is 404 g/mol. The SMILES string of the molecule is CC[C@@H]1CSC2=N[C@@H](c3ccccn3)[C@@H](c3cccn3-c3ccccc3OC)N21. The van der Waals surface area contributed by atoms with E-state index in [1.54, 1.807) is 7.11 Å². The van der Waals surface area contributed by atoms with Crippen molar-refractivity contribution in [2.24, 2.45) is 4.99 Å². The Morgan fingerprint density at radius 3 is 2.76 bits per heavy atom. The maximum Gasteiger partial charge on any atom is 0.160 e. The average molecular weight is 405 g/mol. The predicted octanol–water partition coefficient (Wildman–Crippen LogP) is 4.86. The summed E-state index contributed by atoms with van der Waals surface area (Å²) in [7, 11) is 1.72. The van der Waals surface area contributed by atoms with Crippen molar-refractivity contribution < 1.29 is 4.74 Å². The van der Waals surface area contributed by atoms with E-state index in [2.05, 4.69) is 57.9 Å². The summed E-state index contributed by atoms with van der Waals surface area (Å²) in [6.07, 6.45) is 5.08. The highest BCUT2D eigenvalue weighted by molar-refractivity contribution is 8.14. The summed E-state index contributed by atoms with van der Waals surface area (Å²) in [4.78, 5) is 12.3. The molecule has 6 heteroatoms. The van der Waals surface area contributed by atoms with E-state index < -0.39 is 0 Å². The number of ether oxygens (including phenoxy) is 1. The molecular weight excluding hydrogens is 380 g/mol. The highest BCUT2D eigenvalue weighted by Gasteiger charge is 2.46. The van der Waals surface area contributed by atoms with Gasteiger partial charge in [0.05, 0.1) is 18.5 Å². The Kier molecular flexibility index (Phi) is 4.79. The Morgan fingerprint density at radius 1 is 1.10 bits per heavy atom. The quantitative estimate of drug-likeness (QED) is 0.609. The summed E-state index contributed by atoms with van der Waals surface area (Å²) in [5.41, 5.74) is 3.27. The number of nitrogens with zero attached hydrogens (tertiary/aromatic N) is 4. The topological polar surface area (TPSA) is 42.6 Å². The fraction of sp³-hybridized carbons (Fsp3) is 0.304. The molecule has 0 saturated carbocycles. The molecule has 5 rings (SSSR count). The number of amidine groups is 1. The third-order valence-corrected chi connectivity index (χ3v) is 6.88. The van der Waals surface area contributed by atoms with Crippen LogP contribution in [0.4, 0.5) is 0 Å². The van der Waals surface area contributed by atoms with Crippen molar-refractivity contribution in [3.05, 3.63) is 78.4 Å². The van der Waals surface area contributed by atoms with E-state index in [-0.39, 0.29) is 12.1 Å². The van der Waals surface area contributed by atoms with Crippen LogP contribution in [0.2, 0.25) is 0 Å². The fourth-order valence-corrected chi connectivity index (χ4v) is 5.69. The van der Waals surface area contributed by atoms with Gasteiger partial charge in [-0.1, -0.05) is 36.9 Å². The number of aromatic nitrogens is 2. The highest BCUT2D eigenvalue weighted by atomic mass is 32.2. The molecule has 1 fully saturated rings. The van der Waals surface area contributed by atoms with Gasteiger partial charge in [-0.15, -0.1) is 0 Å². The van der Waals surface area contributed by atoms with Crippen molar-refractivity contribution in [3.8, 4) is 11.4 Å². The van der Waals surface area contributed by atoms with Crippen molar-refractivity contribution in [1.29, 1.82) is 0 Å². The Bertz CT molecular complexity index is 1030. The van der Waals surface area contributed by atoms with Crippen LogP contribution >= 0.6 is 11.8 Å². The molecule has 3 aromatic rings. The lowest BCUT2D eigenvalue weighted by molar-refractivity contribution is 0.248. The predicted molar refractivity (Wildman–Crippen MR) is 118 cm³/mol. The van der Waals surface area contributed by atoms with Gasteiger partial charge in [0.2, 0.25) is 0 Å². The third kappa shape index (κ3) is 3.02. The Morgan fingerprint density at radius 2 is 1.97 bits per heavy atom. The Hall–Kier alpha value is -2.73. The van der Waals surface area contributed by atoms with Crippen molar-refractivity contribution >= 4 is 16.9 Å². The first-order chi connectivity index (χ1) is 14.3. The first kappa shape index (κ1) is 18.3. The smallest absolute Gasteiger partial charge is 0.160 e. The third-order valence-electron chi connectivity index (χ3n) is 5.76. The molecule has 0 aliphatic carbocycles. The van der Waals surface area contributed by atoms with Crippen LogP contribution in [0.1, 0.15) is 36.8 Å². The molecule has 2 aliphatic heterocycles. The molecule has 148 valence electrons. The minimum Gasteiger partial charge on any atom is -0.495 e. The molecule has 5 nitrogen and oxygen atoms in total. The van der Waals surface area contributed by atoms with Crippen molar-refractivity contribution in [2.45, 2.75) is 31.5 Å². The molecule has 4 heterocycles. The number of hydrogen-bond acceptors (Lipinski definition) is 5. The van der Waals surface area contributed by atoms with Crippen LogP contribution in [0.25, 0.3) is 5.69 Å². The summed E-state index contributed by atoms with van der Waals surface area (Å²) in [5, 5.41) is 1.14. The van der Waals surface area contributed by atoms with Crippen LogP contribution in [0.15, 0.2) is 72.0 Å². The van der Waals surface area contributed by atoms with Crippen LogP contribution in [-0.2, 0) is 0 Å². The van der Waals surface area contributed by atoms with E-state index in [1.807, 2.05) is 42.2 Å². The molecule has 0 amide bonds. The van der Waals surface area contributed by atoms with E-state index in [0.717, 1.165) is 34.5 Å². The normalized spacial score (nSPS) is 23.2. The number of methoxy groups -OCH3 is 1. The zero-order valence-corrected chi connectivity index (χ0v) is 17.4. The Labute approximate surface area is 175 Å². The lowest BCUT2D eigenvalue weighted by atomic mass is 9.99. The molecule has 1 aromatic carbocycles. The summed E-state index contributed by atoms with van der Waals surface area (Å²) >= 11 is 1.87. The maximum atomic E-state index is 5.65. The van der Waals surface area contributed by atoms with E-state index in [9.17, 15) is 0 Å². The zero-order chi connectivity index (χ0) is 19.8. The van der Waals surface area contributed by atoms with E-state index in [0.29, 0.717) is 6.04 Å². The first-order valence-corrected chi connectivity index (χ1v) is 11.0. The number of aliphatic imine (C=N–C) groups is 1. The summed E-state index contributed by atoms with van der Waals surface area (Å²) in [6, 6.07) is 19.2. The van der Waals surface area contributed by atoms with E-state index >= 15 is 0 Å². The number of benzene rings is 1. The second kappa shape index (κ2) is 7.59. The second-order valence-corrected chi connectivity index (χ2v) is 8.30. The molecule has 3 atom stereocenters. The van der Waals surface area contributed by atoms with Gasteiger partial charge in [-0.2, -0.15) is 0 Å². The number of thioether (sulfide) groups is 1. The zero-order valence-electron chi connectivity index (χ0n) is 16.6. The van der Waals surface area contributed by atoms with Gasteiger partial charge in [-0.25, -0.2) is 0 Å². The van der Waals surface area contributed by atoms with Crippen LogP contribution in [0.5, 0.6) is 5.75 Å². The van der Waals surface area contributed by atoms with Crippen molar-refractivity contribution in [1.82, 2.24) is 14.5 Å². The molecule has 1 saturated heterocycles. The van der Waals surface area contributed by atoms with Crippen LogP contribution in [0.3, 0.4) is 0 Å². The molecule has 0 radical (unpaired) electrons. The first-order valence-electron chi connectivity index (χ1n) is 10.0. The van der Waals surface area contributed by atoms with Gasteiger partial charge in [-0.3, -0.25) is 9.98 Å². The molecule has 0 N–H and O–H groups in total. The van der Waals surface area contributed by atoms with E-state index in [4.69, 9.17) is 9.73 Å². The lowest BCUT2D eigenvalue weighted by Gasteiger charge is -2.32. The number of fused-ring (bicyclic) bond motifs is 1. The van der Waals surface area contributed by atoms with Crippen LogP contribution in [-0.4, -0.2) is 38.5 Å². The number of rotatable bonds is 5. The van der Waals surface area contributed by atoms with E-state index in [1.165, 1.54) is 5.69 Å². The standard InChI is InChI=1S/C23H24N4OS/c1-3-16-15-29-23-25-21(17-9-6-7-13-24-17)22(27(16)23)19-11-8-14-26(19)18-10-4-5-12-20(18)28-2/h4-14,16,21-22H,3,15H2,1-2H3/t16-,21+,22-/m1/s1. The molecule has 2 aromatic heterocycles. The van der Waals surface area contributed by atoms with Gasteiger partial charge in [0.25, 0.3) is 0 Å². The minimum atomic E-state index is -0.0172. The van der Waals surface area contributed by atoms with Gasteiger partial charge < -0.3 is 14.2 Å². The maximum absolute atomic E-state index is 5.65. The summed E-state index contributed by atoms with van der Waals surface area (Å²) < 4.78 is 7.89. The number of hydrogen-bond donors (Lipinski definition) is 0. The number of pyridine rings is 1. The molecule has 2 aliphatic rings. The average Bonchev–Trinajstić information content (AvgIpc) is 3.49. The Balaban J connectivity index is 1.64. The number of para-hydroxylation sites is 2. The van der Waals surface area contributed by atoms with Crippen LogP contribution < -0.4 is 4.74 Å². The molecule has 0 bridgehead atoms. The molecule has 0 spiro atoms. The highest BCUT2D eigenvalue weighted by Crippen LogP contribution is 2.49. The largest absolute Gasteiger partial charge is 0.495 e. The van der Waals surface area contributed by atoms with Crippen LogP contribution in [0, 0.1) is 0 Å². The summed E-state index contributed by atoms with van der Waals surface area (Å²) in [5.74, 6) is 1.96. The van der Waals surface area contributed by atoms with Gasteiger partial charge in [0, 0.05) is 29.9 Å². The summed E-state index contributed by atoms with van der Waals surface area (Å²) in [6.45, 7) is 2.26. The molecule has 0 unspecified atom stereocenters. The minimum absolute atomic E-state index is 0.0172. The van der Waals surface area contributed by atoms with Gasteiger partial charge in [0.1, 0.15) is 17.8 Å². The molecular formula is C23H24N4OS. The molecule has 29 heavy (non-hydrogen) atoms. The second-order valence-electron chi connectivity index (χ2n) is 7.31. The van der Waals surface area contributed by atoms with Crippen molar-refractivity contribution in [3.63, 3.8) is 0 Å². The van der Waals surface area contributed by atoms with Gasteiger partial charge in [-0.05, 0) is 42.8 Å². The lowest BCUT2D eigenvalue weighted by Crippen LogP contribution is -2.36. The van der Waals surface area contributed by atoms with Gasteiger partial charge >= 0.3 is 0 Å². The fourth-order valence-electron chi connectivity index (χ4n) is 4.35. The van der Waals surface area contributed by atoms with Gasteiger partial charge in [0.15, 0.2) is 5.17 Å². The van der Waals surface area contributed by atoms with Crippen molar-refractivity contribution in [2.75, 3.05) is 12.9 Å².